The maximum absolute atomic E-state index is 12.4. The van der Waals surface area contributed by atoms with Gasteiger partial charge in [0.25, 0.3) is 0 Å². The van der Waals surface area contributed by atoms with Crippen molar-refractivity contribution in [2.45, 2.75) is 13.2 Å². The monoisotopic (exact) mass is 399 g/mol. The molecule has 3 aromatic rings. The zero-order chi connectivity index (χ0) is 20.6. The van der Waals surface area contributed by atoms with Crippen LogP contribution in [0, 0.1) is 0 Å². The highest BCUT2D eigenvalue weighted by Crippen LogP contribution is 2.29. The Morgan fingerprint density at radius 1 is 1.17 bits per heavy atom. The fourth-order valence-electron chi connectivity index (χ4n) is 2.64. The third kappa shape index (κ3) is 5.65. The molecule has 0 unspecified atom stereocenters. The smallest absolute Gasteiger partial charge is 0.387 e. The van der Waals surface area contributed by atoms with Crippen molar-refractivity contribution in [2.24, 2.45) is 0 Å². The van der Waals surface area contributed by atoms with Crippen LogP contribution in [0.1, 0.15) is 11.1 Å². The first-order valence-corrected chi connectivity index (χ1v) is 8.73. The van der Waals surface area contributed by atoms with Crippen LogP contribution in [0.4, 0.5) is 14.6 Å². The fraction of sp³-hybridized carbons (Fsp3) is 0.143. The molecule has 3 rings (SSSR count). The molecule has 29 heavy (non-hydrogen) atoms. The molecule has 0 fully saturated rings. The molecule has 1 N–H and O–H groups in total. The lowest BCUT2D eigenvalue weighted by atomic mass is 10.2. The summed E-state index contributed by atoms with van der Waals surface area (Å²) in [6, 6.07) is 15.9. The van der Waals surface area contributed by atoms with Crippen molar-refractivity contribution in [2.75, 3.05) is 12.4 Å². The van der Waals surface area contributed by atoms with Crippen LogP contribution in [0.15, 0.2) is 66.9 Å². The van der Waals surface area contributed by atoms with Gasteiger partial charge in [0.1, 0.15) is 5.82 Å². The number of halogens is 2. The average Bonchev–Trinajstić information content (AvgIpc) is 3.14. The highest BCUT2D eigenvalue weighted by Gasteiger charge is 2.11. The standard InChI is InChI=1S/C21H19F2N3O3/c1-28-18-13-15(7-9-17(18)29-21(22)23)8-10-20(27)25-19-11-12-24-26(19)14-16-5-3-2-4-6-16/h2-13,21H,14H2,1H3,(H,25,27)/b10-8+. The Kier molecular flexibility index (Phi) is 6.57. The highest BCUT2D eigenvalue weighted by atomic mass is 19.3. The molecule has 0 saturated carbocycles. The Morgan fingerprint density at radius 3 is 2.69 bits per heavy atom. The van der Waals surface area contributed by atoms with E-state index in [9.17, 15) is 13.6 Å². The molecule has 0 atom stereocenters. The van der Waals surface area contributed by atoms with Crippen LogP contribution in [-0.4, -0.2) is 29.4 Å². The molecule has 0 spiro atoms. The molecule has 6 nitrogen and oxygen atoms in total. The summed E-state index contributed by atoms with van der Waals surface area (Å²) in [7, 11) is 1.35. The van der Waals surface area contributed by atoms with E-state index in [1.54, 1.807) is 29.1 Å². The number of alkyl halides is 2. The minimum Gasteiger partial charge on any atom is -0.493 e. The Hall–Kier alpha value is -3.68. The number of nitrogens with one attached hydrogen (secondary N) is 1. The summed E-state index contributed by atoms with van der Waals surface area (Å²) < 4.78 is 35.9. The number of methoxy groups -OCH3 is 1. The van der Waals surface area contributed by atoms with Crippen molar-refractivity contribution in [3.63, 3.8) is 0 Å². The van der Waals surface area contributed by atoms with Crippen molar-refractivity contribution in [1.29, 1.82) is 0 Å². The summed E-state index contributed by atoms with van der Waals surface area (Å²) in [4.78, 5) is 12.3. The molecule has 1 amide bonds. The predicted molar refractivity (Wildman–Crippen MR) is 105 cm³/mol. The first-order valence-electron chi connectivity index (χ1n) is 8.73. The molecular weight excluding hydrogens is 380 g/mol. The Balaban J connectivity index is 1.65. The SMILES string of the molecule is COc1cc(/C=C/C(=O)Nc2ccnn2Cc2ccccc2)ccc1OC(F)F. The molecule has 0 aliphatic rings. The Morgan fingerprint density at radius 2 is 1.97 bits per heavy atom. The second-order valence-electron chi connectivity index (χ2n) is 5.97. The first-order chi connectivity index (χ1) is 14.0. The van der Waals surface area contributed by atoms with Gasteiger partial charge >= 0.3 is 6.61 Å². The maximum atomic E-state index is 12.4. The quantitative estimate of drug-likeness (QED) is 0.577. The molecule has 1 aromatic heterocycles. The summed E-state index contributed by atoms with van der Waals surface area (Å²) in [5.41, 5.74) is 1.65. The molecule has 150 valence electrons. The average molecular weight is 399 g/mol. The topological polar surface area (TPSA) is 65.4 Å². The van der Waals surface area contributed by atoms with Gasteiger partial charge in [-0.2, -0.15) is 13.9 Å². The number of hydrogen-bond donors (Lipinski definition) is 1. The third-order valence-corrected chi connectivity index (χ3v) is 3.97. The maximum Gasteiger partial charge on any atom is 0.387 e. The van der Waals surface area contributed by atoms with Crippen molar-refractivity contribution >= 4 is 17.8 Å². The zero-order valence-corrected chi connectivity index (χ0v) is 15.6. The molecular formula is C21H19F2N3O3. The second kappa shape index (κ2) is 9.50. The van der Waals surface area contributed by atoms with Gasteiger partial charge in [-0.3, -0.25) is 4.79 Å². The van der Waals surface area contributed by atoms with E-state index in [1.165, 1.54) is 25.3 Å². The van der Waals surface area contributed by atoms with E-state index in [0.717, 1.165) is 5.56 Å². The van der Waals surface area contributed by atoms with Gasteiger partial charge in [0, 0.05) is 12.1 Å². The minimum absolute atomic E-state index is 0.0751. The number of rotatable bonds is 8. The molecule has 0 aliphatic heterocycles. The number of benzene rings is 2. The number of amides is 1. The summed E-state index contributed by atoms with van der Waals surface area (Å²) in [6.07, 6.45) is 4.49. The van der Waals surface area contributed by atoms with Crippen LogP contribution in [0.5, 0.6) is 11.5 Å². The third-order valence-electron chi connectivity index (χ3n) is 3.97. The van der Waals surface area contributed by atoms with Crippen LogP contribution < -0.4 is 14.8 Å². The predicted octanol–water partition coefficient (Wildman–Crippen LogP) is 4.19. The highest BCUT2D eigenvalue weighted by molar-refractivity contribution is 6.01. The van der Waals surface area contributed by atoms with E-state index >= 15 is 0 Å². The van der Waals surface area contributed by atoms with E-state index in [1.807, 2.05) is 30.3 Å². The van der Waals surface area contributed by atoms with Gasteiger partial charge in [0.2, 0.25) is 5.91 Å². The van der Waals surface area contributed by atoms with E-state index in [4.69, 9.17) is 4.74 Å². The van der Waals surface area contributed by atoms with E-state index in [2.05, 4.69) is 15.2 Å². The lowest BCUT2D eigenvalue weighted by Gasteiger charge is -2.10. The van der Waals surface area contributed by atoms with Gasteiger partial charge in [-0.05, 0) is 29.3 Å². The van der Waals surface area contributed by atoms with Crippen LogP contribution in [-0.2, 0) is 11.3 Å². The summed E-state index contributed by atoms with van der Waals surface area (Å²) in [5, 5.41) is 6.99. The number of aromatic nitrogens is 2. The summed E-state index contributed by atoms with van der Waals surface area (Å²) >= 11 is 0. The van der Waals surface area contributed by atoms with Crippen molar-refractivity contribution < 1.29 is 23.0 Å². The number of carbonyl (C=O) groups is 1. The fourth-order valence-corrected chi connectivity index (χ4v) is 2.64. The summed E-state index contributed by atoms with van der Waals surface area (Å²) in [6.45, 7) is -2.42. The summed E-state index contributed by atoms with van der Waals surface area (Å²) in [5.74, 6) is 0.274. The van der Waals surface area contributed by atoms with E-state index in [-0.39, 0.29) is 17.4 Å². The van der Waals surface area contributed by atoms with Gasteiger partial charge in [-0.25, -0.2) is 4.68 Å². The second-order valence-corrected chi connectivity index (χ2v) is 5.97. The van der Waals surface area contributed by atoms with Gasteiger partial charge < -0.3 is 14.8 Å². The molecule has 8 heteroatoms. The normalized spacial score (nSPS) is 11.0. The van der Waals surface area contributed by atoms with Crippen molar-refractivity contribution in [1.82, 2.24) is 9.78 Å². The number of anilines is 1. The van der Waals surface area contributed by atoms with Gasteiger partial charge in [0.15, 0.2) is 11.5 Å². The molecule has 0 aliphatic carbocycles. The van der Waals surface area contributed by atoms with Gasteiger partial charge in [-0.1, -0.05) is 36.4 Å². The van der Waals surface area contributed by atoms with Gasteiger partial charge in [-0.15, -0.1) is 0 Å². The van der Waals surface area contributed by atoms with E-state index < -0.39 is 6.61 Å². The Labute approximate surface area is 166 Å². The largest absolute Gasteiger partial charge is 0.493 e. The number of hydrogen-bond acceptors (Lipinski definition) is 4. The van der Waals surface area contributed by atoms with E-state index in [0.29, 0.717) is 17.9 Å². The minimum atomic E-state index is -2.95. The molecule has 0 radical (unpaired) electrons. The van der Waals surface area contributed by atoms with Crippen molar-refractivity contribution in [3.05, 3.63) is 78.0 Å². The molecule has 2 aromatic carbocycles. The lowest BCUT2D eigenvalue weighted by Crippen LogP contribution is -2.13. The molecule has 0 saturated heterocycles. The molecule has 0 bridgehead atoms. The van der Waals surface area contributed by atoms with Crippen LogP contribution in [0.2, 0.25) is 0 Å². The van der Waals surface area contributed by atoms with Crippen LogP contribution in [0.25, 0.3) is 6.08 Å². The van der Waals surface area contributed by atoms with Crippen LogP contribution in [0.3, 0.4) is 0 Å². The number of ether oxygens (including phenoxy) is 2. The first kappa shape index (κ1) is 20.1. The van der Waals surface area contributed by atoms with Gasteiger partial charge in [0.05, 0.1) is 19.9 Å². The number of carbonyl (C=O) groups excluding carboxylic acids is 1. The zero-order valence-electron chi connectivity index (χ0n) is 15.6. The van der Waals surface area contributed by atoms with Crippen LogP contribution >= 0.6 is 0 Å². The number of nitrogens with zero attached hydrogens (tertiary/aromatic N) is 2. The molecule has 1 heterocycles. The Bertz CT molecular complexity index is 988. The lowest BCUT2D eigenvalue weighted by molar-refractivity contribution is -0.111. The van der Waals surface area contributed by atoms with Crippen molar-refractivity contribution in [3.8, 4) is 11.5 Å².